The Morgan fingerprint density at radius 3 is 2.54 bits per heavy atom. The van der Waals surface area contributed by atoms with Crippen LogP contribution in [0.15, 0.2) is 42.5 Å². The second-order valence-corrected chi connectivity index (χ2v) is 7.57. The van der Waals surface area contributed by atoms with E-state index in [4.69, 9.17) is 0 Å². The molecule has 2 aromatic rings. The number of carbonyl (C=O) groups is 1. The van der Waals surface area contributed by atoms with Gasteiger partial charge in [0.15, 0.2) is 0 Å². The minimum atomic E-state index is -4.46. The predicted octanol–water partition coefficient (Wildman–Crippen LogP) is 3.92. The van der Waals surface area contributed by atoms with Crippen LogP contribution in [-0.2, 0) is 17.4 Å². The van der Waals surface area contributed by atoms with Crippen molar-refractivity contribution in [3.63, 3.8) is 0 Å². The highest BCUT2D eigenvalue weighted by atomic mass is 19.4. The van der Waals surface area contributed by atoms with E-state index in [2.05, 4.69) is 22.4 Å². The predicted molar refractivity (Wildman–Crippen MR) is 100 cm³/mol. The Kier molecular flexibility index (Phi) is 5.00. The summed E-state index contributed by atoms with van der Waals surface area (Å²) in [4.78, 5) is 17.8. The van der Waals surface area contributed by atoms with E-state index in [0.29, 0.717) is 37.7 Å². The maximum absolute atomic E-state index is 12.8. The number of carbonyl (C=O) groups excluding carboxylic acids is 1. The van der Waals surface area contributed by atoms with Crippen molar-refractivity contribution in [1.29, 1.82) is 0 Å². The van der Waals surface area contributed by atoms with Gasteiger partial charge in [0.1, 0.15) is 11.5 Å². The third-order valence-electron chi connectivity index (χ3n) is 5.30. The number of hydrogen-bond donors (Lipinski definition) is 1. The number of rotatable bonds is 5. The molecule has 4 rings (SSSR count). The van der Waals surface area contributed by atoms with E-state index in [1.807, 2.05) is 12.1 Å². The second kappa shape index (κ2) is 7.45. The van der Waals surface area contributed by atoms with Crippen LogP contribution in [0.1, 0.15) is 42.0 Å². The molecular formula is C21H22F3N3O. The van der Waals surface area contributed by atoms with E-state index >= 15 is 0 Å². The standard InChI is InChI=1S/C21H22F3N3O/c22-21(23,24)18-2-1-3-19(26-18)27-11-10-17(13-27)25-20(28)12-14-4-6-15(7-5-14)16-8-9-16/h1-7,16-17H,8-13H2,(H,25,28). The summed E-state index contributed by atoms with van der Waals surface area (Å²) in [6.45, 7) is 1.02. The summed E-state index contributed by atoms with van der Waals surface area (Å²) in [5, 5.41) is 2.99. The van der Waals surface area contributed by atoms with E-state index in [9.17, 15) is 18.0 Å². The lowest BCUT2D eigenvalue weighted by Crippen LogP contribution is -2.38. The van der Waals surface area contributed by atoms with E-state index in [1.165, 1.54) is 24.5 Å². The highest BCUT2D eigenvalue weighted by Gasteiger charge is 2.33. The van der Waals surface area contributed by atoms with Gasteiger partial charge in [-0.2, -0.15) is 13.2 Å². The average molecular weight is 389 g/mol. The Balaban J connectivity index is 1.31. The number of alkyl halides is 3. The molecule has 1 saturated heterocycles. The fourth-order valence-electron chi connectivity index (χ4n) is 3.63. The Bertz CT molecular complexity index is 847. The van der Waals surface area contributed by atoms with Crippen molar-refractivity contribution in [2.24, 2.45) is 0 Å². The van der Waals surface area contributed by atoms with E-state index in [0.717, 1.165) is 11.6 Å². The number of aromatic nitrogens is 1. The summed E-state index contributed by atoms with van der Waals surface area (Å²) in [7, 11) is 0. The number of nitrogens with one attached hydrogen (secondary N) is 1. The Morgan fingerprint density at radius 1 is 1.11 bits per heavy atom. The number of halogens is 3. The average Bonchev–Trinajstić information content (AvgIpc) is 3.41. The van der Waals surface area contributed by atoms with Crippen molar-refractivity contribution in [3.8, 4) is 0 Å². The van der Waals surface area contributed by atoms with Crippen LogP contribution in [0.4, 0.5) is 19.0 Å². The summed E-state index contributed by atoms with van der Waals surface area (Å²) < 4.78 is 38.5. The molecule has 0 bridgehead atoms. The molecule has 1 saturated carbocycles. The van der Waals surface area contributed by atoms with Gasteiger partial charge in [-0.3, -0.25) is 4.79 Å². The molecule has 28 heavy (non-hydrogen) atoms. The van der Waals surface area contributed by atoms with Crippen LogP contribution in [0.5, 0.6) is 0 Å². The SMILES string of the molecule is O=C(Cc1ccc(C2CC2)cc1)NC1CCN(c2cccc(C(F)(F)F)n2)C1. The first-order valence-corrected chi connectivity index (χ1v) is 9.56. The number of anilines is 1. The normalized spacial score (nSPS) is 19.7. The van der Waals surface area contributed by atoms with Gasteiger partial charge in [0, 0.05) is 19.1 Å². The highest BCUT2D eigenvalue weighted by Crippen LogP contribution is 2.39. The van der Waals surface area contributed by atoms with Gasteiger partial charge in [-0.25, -0.2) is 4.98 Å². The first kappa shape index (κ1) is 18.8. The number of hydrogen-bond acceptors (Lipinski definition) is 3. The van der Waals surface area contributed by atoms with Crippen molar-refractivity contribution in [3.05, 3.63) is 59.3 Å². The minimum Gasteiger partial charge on any atom is -0.354 e. The summed E-state index contributed by atoms with van der Waals surface area (Å²) >= 11 is 0. The molecule has 1 aromatic carbocycles. The quantitative estimate of drug-likeness (QED) is 0.843. The molecule has 1 unspecified atom stereocenters. The van der Waals surface area contributed by atoms with Crippen molar-refractivity contribution >= 4 is 11.7 Å². The lowest BCUT2D eigenvalue weighted by atomic mass is 10.1. The lowest BCUT2D eigenvalue weighted by molar-refractivity contribution is -0.141. The zero-order chi connectivity index (χ0) is 19.7. The third kappa shape index (κ3) is 4.46. The third-order valence-corrected chi connectivity index (χ3v) is 5.30. The van der Waals surface area contributed by atoms with E-state index in [1.54, 1.807) is 11.0 Å². The number of pyridine rings is 1. The molecule has 7 heteroatoms. The molecule has 1 aliphatic heterocycles. The number of benzene rings is 1. The highest BCUT2D eigenvalue weighted by molar-refractivity contribution is 5.79. The monoisotopic (exact) mass is 389 g/mol. The van der Waals surface area contributed by atoms with Crippen LogP contribution < -0.4 is 10.2 Å². The largest absolute Gasteiger partial charge is 0.433 e. The Labute approximate surface area is 161 Å². The van der Waals surface area contributed by atoms with Gasteiger partial charge < -0.3 is 10.2 Å². The molecule has 2 aliphatic rings. The van der Waals surface area contributed by atoms with Gasteiger partial charge >= 0.3 is 6.18 Å². The fourth-order valence-corrected chi connectivity index (χ4v) is 3.63. The fraction of sp³-hybridized carbons (Fsp3) is 0.429. The van der Waals surface area contributed by atoms with Crippen molar-refractivity contribution in [1.82, 2.24) is 10.3 Å². The maximum Gasteiger partial charge on any atom is 0.433 e. The molecule has 1 atom stereocenters. The van der Waals surface area contributed by atoms with Gasteiger partial charge in [-0.05, 0) is 48.4 Å². The summed E-state index contributed by atoms with van der Waals surface area (Å²) in [5.74, 6) is 0.919. The first-order chi connectivity index (χ1) is 13.4. The summed E-state index contributed by atoms with van der Waals surface area (Å²) in [6, 6.07) is 12.0. The molecule has 1 N–H and O–H groups in total. The van der Waals surface area contributed by atoms with Gasteiger partial charge in [-0.1, -0.05) is 30.3 Å². The second-order valence-electron chi connectivity index (χ2n) is 7.57. The minimum absolute atomic E-state index is 0.0666. The molecule has 4 nitrogen and oxygen atoms in total. The van der Waals surface area contributed by atoms with Crippen LogP contribution in [0.25, 0.3) is 0 Å². The topological polar surface area (TPSA) is 45.2 Å². The van der Waals surface area contributed by atoms with Gasteiger partial charge in [0.05, 0.1) is 6.42 Å². The smallest absolute Gasteiger partial charge is 0.354 e. The van der Waals surface area contributed by atoms with Crippen LogP contribution >= 0.6 is 0 Å². The van der Waals surface area contributed by atoms with Crippen molar-refractivity contribution in [2.75, 3.05) is 18.0 Å². The number of amides is 1. The van der Waals surface area contributed by atoms with E-state index < -0.39 is 11.9 Å². The molecule has 0 spiro atoms. The van der Waals surface area contributed by atoms with Gasteiger partial charge in [0.2, 0.25) is 5.91 Å². The first-order valence-electron chi connectivity index (χ1n) is 9.56. The molecule has 0 radical (unpaired) electrons. The Hall–Kier alpha value is -2.57. The van der Waals surface area contributed by atoms with Crippen LogP contribution in [0, 0.1) is 0 Å². The molecule has 1 aromatic heterocycles. The molecular weight excluding hydrogens is 367 g/mol. The van der Waals surface area contributed by atoms with Crippen molar-refractivity contribution < 1.29 is 18.0 Å². The van der Waals surface area contributed by atoms with Crippen LogP contribution in [-0.4, -0.2) is 30.0 Å². The molecule has 2 fully saturated rings. The number of nitrogens with zero attached hydrogens (tertiary/aromatic N) is 2. The Morgan fingerprint density at radius 2 is 1.86 bits per heavy atom. The molecule has 2 heterocycles. The molecule has 148 valence electrons. The summed E-state index contributed by atoms with van der Waals surface area (Å²) in [5.41, 5.74) is 1.41. The van der Waals surface area contributed by atoms with Crippen LogP contribution in [0.3, 0.4) is 0 Å². The molecule has 1 amide bonds. The van der Waals surface area contributed by atoms with Gasteiger partial charge in [-0.15, -0.1) is 0 Å². The zero-order valence-electron chi connectivity index (χ0n) is 15.4. The maximum atomic E-state index is 12.8. The van der Waals surface area contributed by atoms with Crippen molar-refractivity contribution in [2.45, 2.75) is 43.8 Å². The lowest BCUT2D eigenvalue weighted by Gasteiger charge is -2.19. The van der Waals surface area contributed by atoms with Gasteiger partial charge in [0.25, 0.3) is 0 Å². The van der Waals surface area contributed by atoms with Crippen LogP contribution in [0.2, 0.25) is 0 Å². The zero-order valence-corrected chi connectivity index (χ0v) is 15.4. The molecule has 1 aliphatic carbocycles. The van der Waals surface area contributed by atoms with E-state index in [-0.39, 0.29) is 11.9 Å². The summed E-state index contributed by atoms with van der Waals surface area (Å²) in [6.07, 6.45) is -0.969.